The van der Waals surface area contributed by atoms with Gasteiger partial charge < -0.3 is 10.1 Å². The van der Waals surface area contributed by atoms with Crippen LogP contribution in [0.2, 0.25) is 0 Å². The first kappa shape index (κ1) is 16.1. The van der Waals surface area contributed by atoms with Gasteiger partial charge in [-0.15, -0.1) is 0 Å². The van der Waals surface area contributed by atoms with Crippen LogP contribution in [0.3, 0.4) is 0 Å². The van der Waals surface area contributed by atoms with Crippen LogP contribution >= 0.6 is 0 Å². The summed E-state index contributed by atoms with van der Waals surface area (Å²) in [6.07, 6.45) is 2.80. The fourth-order valence-corrected chi connectivity index (χ4v) is 3.31. The lowest BCUT2D eigenvalue weighted by Crippen LogP contribution is -2.41. The molecule has 1 saturated heterocycles. The monoisotopic (exact) mass is 314 g/mol. The third kappa shape index (κ3) is 4.62. The molecule has 21 heavy (non-hydrogen) atoms. The van der Waals surface area contributed by atoms with Crippen LogP contribution in [-0.2, 0) is 21.4 Å². The number of rotatable bonds is 5. The van der Waals surface area contributed by atoms with E-state index in [-0.39, 0.29) is 6.04 Å². The van der Waals surface area contributed by atoms with E-state index in [1.807, 2.05) is 13.0 Å². The summed E-state index contributed by atoms with van der Waals surface area (Å²) in [6.45, 7) is 3.39. The van der Waals surface area contributed by atoms with E-state index in [1.54, 1.807) is 7.11 Å². The van der Waals surface area contributed by atoms with Gasteiger partial charge in [-0.3, -0.25) is 0 Å². The highest BCUT2D eigenvalue weighted by Gasteiger charge is 2.25. The minimum absolute atomic E-state index is 0.229. The van der Waals surface area contributed by atoms with Crippen LogP contribution in [-0.4, -0.2) is 55.2 Å². The molecule has 0 amide bonds. The van der Waals surface area contributed by atoms with E-state index in [0.717, 1.165) is 24.4 Å². The Morgan fingerprint density at radius 2 is 2.05 bits per heavy atom. The number of sulfonamides is 1. The number of nitrogens with one attached hydrogen (secondary N) is 1. The van der Waals surface area contributed by atoms with Gasteiger partial charge >= 0.3 is 0 Å². The van der Waals surface area contributed by atoms with E-state index in [2.05, 4.69) is 15.3 Å². The van der Waals surface area contributed by atoms with Crippen molar-refractivity contribution in [1.82, 2.24) is 14.3 Å². The summed E-state index contributed by atoms with van der Waals surface area (Å²) < 4.78 is 29.5. The molecule has 0 saturated carbocycles. The number of nitrogens with zero attached hydrogens (tertiary/aromatic N) is 3. The molecule has 0 aromatic carbocycles. The molecule has 2 rings (SSSR count). The average Bonchev–Trinajstić information content (AvgIpc) is 2.38. The quantitative estimate of drug-likeness (QED) is 0.864. The highest BCUT2D eigenvalue weighted by Crippen LogP contribution is 2.17. The summed E-state index contributed by atoms with van der Waals surface area (Å²) in [6, 6.07) is 2.12. The van der Waals surface area contributed by atoms with Crippen LogP contribution in [0.5, 0.6) is 0 Å². The molecule has 8 heteroatoms. The van der Waals surface area contributed by atoms with Gasteiger partial charge in [0, 0.05) is 38.0 Å². The van der Waals surface area contributed by atoms with E-state index in [4.69, 9.17) is 4.74 Å². The number of ether oxygens (including phenoxy) is 1. The molecule has 0 spiro atoms. The Morgan fingerprint density at radius 3 is 2.62 bits per heavy atom. The number of hydrogen-bond donors (Lipinski definition) is 1. The summed E-state index contributed by atoms with van der Waals surface area (Å²) in [7, 11) is -1.47. The first-order chi connectivity index (χ1) is 9.88. The van der Waals surface area contributed by atoms with Crippen molar-refractivity contribution in [3.63, 3.8) is 0 Å². The predicted molar refractivity (Wildman–Crippen MR) is 80.5 cm³/mol. The zero-order valence-corrected chi connectivity index (χ0v) is 13.5. The largest absolute Gasteiger partial charge is 0.377 e. The van der Waals surface area contributed by atoms with Gasteiger partial charge in [0.05, 0.1) is 6.26 Å². The van der Waals surface area contributed by atoms with E-state index < -0.39 is 10.0 Å². The number of anilines is 1. The number of aromatic nitrogens is 2. The highest BCUT2D eigenvalue weighted by atomic mass is 32.2. The molecule has 7 nitrogen and oxygen atoms in total. The third-order valence-electron chi connectivity index (χ3n) is 3.45. The van der Waals surface area contributed by atoms with Crippen LogP contribution in [0.1, 0.15) is 24.4 Å². The Morgan fingerprint density at radius 1 is 1.38 bits per heavy atom. The molecule has 1 N–H and O–H groups in total. The smallest absolute Gasteiger partial charge is 0.211 e. The van der Waals surface area contributed by atoms with Gasteiger partial charge in [0.2, 0.25) is 10.0 Å². The SMILES string of the molecule is COCc1nc(C)cc(NC2CCN(S(C)(=O)=O)CC2)n1. The maximum absolute atomic E-state index is 11.5. The lowest BCUT2D eigenvalue weighted by Gasteiger charge is -2.31. The number of methoxy groups -OCH3 is 1. The van der Waals surface area contributed by atoms with Gasteiger partial charge in [-0.2, -0.15) is 0 Å². The standard InChI is InChI=1S/C13H22N4O3S/c1-10-8-12(16-13(14-10)9-20-2)15-11-4-6-17(7-5-11)21(3,18)19/h8,11H,4-7,9H2,1-3H3,(H,14,15,16). The molecule has 1 aromatic heterocycles. The van der Waals surface area contributed by atoms with Gasteiger partial charge in [-0.05, 0) is 19.8 Å². The second-order valence-electron chi connectivity index (χ2n) is 5.32. The van der Waals surface area contributed by atoms with Crippen LogP contribution in [0, 0.1) is 6.92 Å². The second-order valence-corrected chi connectivity index (χ2v) is 7.31. The third-order valence-corrected chi connectivity index (χ3v) is 4.75. The van der Waals surface area contributed by atoms with Crippen molar-refractivity contribution >= 4 is 15.8 Å². The maximum atomic E-state index is 11.5. The van der Waals surface area contributed by atoms with E-state index in [0.29, 0.717) is 25.5 Å². The molecule has 2 heterocycles. The minimum Gasteiger partial charge on any atom is -0.377 e. The number of hydrogen-bond acceptors (Lipinski definition) is 6. The van der Waals surface area contributed by atoms with Gasteiger partial charge in [-0.25, -0.2) is 22.7 Å². The van der Waals surface area contributed by atoms with Gasteiger partial charge in [0.15, 0.2) is 5.82 Å². The second kappa shape index (κ2) is 6.67. The van der Waals surface area contributed by atoms with Crippen LogP contribution in [0.4, 0.5) is 5.82 Å². The summed E-state index contributed by atoms with van der Waals surface area (Å²) in [5.41, 5.74) is 0.883. The maximum Gasteiger partial charge on any atom is 0.211 e. The van der Waals surface area contributed by atoms with E-state index in [1.165, 1.54) is 10.6 Å². The van der Waals surface area contributed by atoms with Crippen molar-refractivity contribution in [3.8, 4) is 0 Å². The van der Waals surface area contributed by atoms with Crippen molar-refractivity contribution in [2.75, 3.05) is 31.8 Å². The zero-order valence-electron chi connectivity index (χ0n) is 12.7. The van der Waals surface area contributed by atoms with Crippen molar-refractivity contribution in [1.29, 1.82) is 0 Å². The molecule has 0 unspecified atom stereocenters. The van der Waals surface area contributed by atoms with E-state index >= 15 is 0 Å². The summed E-state index contributed by atoms with van der Waals surface area (Å²) in [5.74, 6) is 1.42. The molecule has 0 bridgehead atoms. The Kier molecular flexibility index (Phi) is 5.13. The molecular weight excluding hydrogens is 292 g/mol. The van der Waals surface area contributed by atoms with Crippen LogP contribution in [0.15, 0.2) is 6.07 Å². The van der Waals surface area contributed by atoms with Crippen molar-refractivity contribution in [2.24, 2.45) is 0 Å². The van der Waals surface area contributed by atoms with Gasteiger partial charge in [0.1, 0.15) is 12.4 Å². The lowest BCUT2D eigenvalue weighted by atomic mass is 10.1. The lowest BCUT2D eigenvalue weighted by molar-refractivity contribution is 0.177. The van der Waals surface area contributed by atoms with Crippen molar-refractivity contribution < 1.29 is 13.2 Å². The fourth-order valence-electron chi connectivity index (χ4n) is 2.44. The molecule has 1 aliphatic rings. The van der Waals surface area contributed by atoms with Crippen LogP contribution < -0.4 is 5.32 Å². The van der Waals surface area contributed by atoms with Crippen molar-refractivity contribution in [2.45, 2.75) is 32.4 Å². The molecule has 0 atom stereocenters. The van der Waals surface area contributed by atoms with Crippen molar-refractivity contribution in [3.05, 3.63) is 17.6 Å². The molecule has 1 fully saturated rings. The molecule has 118 valence electrons. The summed E-state index contributed by atoms with van der Waals surface area (Å²) in [4.78, 5) is 8.70. The first-order valence-corrected chi connectivity index (χ1v) is 8.78. The predicted octanol–water partition coefficient (Wildman–Crippen LogP) is 0.767. The number of aryl methyl sites for hydroxylation is 1. The number of piperidine rings is 1. The molecule has 0 radical (unpaired) electrons. The summed E-state index contributed by atoms with van der Waals surface area (Å²) in [5, 5.41) is 3.36. The minimum atomic E-state index is -3.08. The highest BCUT2D eigenvalue weighted by molar-refractivity contribution is 7.88. The van der Waals surface area contributed by atoms with E-state index in [9.17, 15) is 8.42 Å². The molecule has 1 aromatic rings. The Bertz CT molecular complexity index is 583. The topological polar surface area (TPSA) is 84.4 Å². The Balaban J connectivity index is 1.97. The van der Waals surface area contributed by atoms with Gasteiger partial charge in [0.25, 0.3) is 0 Å². The molecule has 0 aliphatic carbocycles. The molecule has 1 aliphatic heterocycles. The van der Waals surface area contributed by atoms with Gasteiger partial charge in [-0.1, -0.05) is 0 Å². The van der Waals surface area contributed by atoms with Crippen LogP contribution in [0.25, 0.3) is 0 Å². The molecular formula is C13H22N4O3S. The Hall–Kier alpha value is -1.25. The first-order valence-electron chi connectivity index (χ1n) is 6.93. The average molecular weight is 314 g/mol. The summed E-state index contributed by atoms with van der Waals surface area (Å²) >= 11 is 0. The fraction of sp³-hybridized carbons (Fsp3) is 0.692. The Labute approximate surface area is 125 Å². The zero-order chi connectivity index (χ0) is 15.5. The normalized spacial score (nSPS) is 17.9.